The summed E-state index contributed by atoms with van der Waals surface area (Å²) < 4.78 is 30.1. The average Bonchev–Trinajstić information content (AvgIpc) is 2.71. The summed E-state index contributed by atoms with van der Waals surface area (Å²) in [5.74, 6) is -0.417. The van der Waals surface area contributed by atoms with Crippen LogP contribution in [0.2, 0.25) is 0 Å². The molecule has 1 heterocycles. The molecule has 2 N–H and O–H groups in total. The normalized spacial score (nSPS) is 11.3. The zero-order valence-corrected chi connectivity index (χ0v) is 9.71. The molecular formula is C9H14N2O4S. The van der Waals surface area contributed by atoms with Gasteiger partial charge in [0, 0.05) is 18.9 Å². The fraction of sp³-hybridized carbons (Fsp3) is 0.444. The number of hydrogen-bond donors (Lipinski definition) is 2. The highest BCUT2D eigenvalue weighted by molar-refractivity contribution is 7.89. The zero-order chi connectivity index (χ0) is 12.0. The largest absolute Gasteiger partial charge is 0.466 e. The van der Waals surface area contributed by atoms with E-state index in [9.17, 15) is 13.2 Å². The van der Waals surface area contributed by atoms with Gasteiger partial charge in [-0.25, -0.2) is 13.1 Å². The van der Waals surface area contributed by atoms with Gasteiger partial charge in [-0.2, -0.15) is 0 Å². The Morgan fingerprint density at radius 2 is 2.31 bits per heavy atom. The van der Waals surface area contributed by atoms with Gasteiger partial charge in [0.05, 0.1) is 17.9 Å². The third kappa shape index (κ3) is 3.67. The van der Waals surface area contributed by atoms with Crippen molar-refractivity contribution >= 4 is 16.0 Å². The molecule has 0 radical (unpaired) electrons. The lowest BCUT2D eigenvalue weighted by atomic mass is 10.4. The minimum absolute atomic E-state index is 0.0253. The summed E-state index contributed by atoms with van der Waals surface area (Å²) in [6.45, 7) is 2.03. The van der Waals surface area contributed by atoms with Crippen LogP contribution in [0.1, 0.15) is 13.3 Å². The van der Waals surface area contributed by atoms with E-state index < -0.39 is 16.0 Å². The number of carbonyl (C=O) groups excluding carboxylic acids is 1. The van der Waals surface area contributed by atoms with Gasteiger partial charge in [0.2, 0.25) is 10.0 Å². The Morgan fingerprint density at radius 1 is 1.56 bits per heavy atom. The molecular weight excluding hydrogens is 232 g/mol. The van der Waals surface area contributed by atoms with E-state index in [-0.39, 0.29) is 17.9 Å². The molecule has 90 valence electrons. The maximum Gasteiger partial charge on any atom is 0.307 e. The number of hydrogen-bond acceptors (Lipinski definition) is 4. The number of aromatic amines is 1. The Bertz CT molecular complexity index is 424. The predicted octanol–water partition coefficient (Wildman–Crippen LogP) is 0.246. The number of ether oxygens (including phenoxy) is 1. The molecule has 1 aromatic heterocycles. The van der Waals surface area contributed by atoms with Crippen LogP contribution < -0.4 is 4.72 Å². The minimum atomic E-state index is -3.52. The molecule has 6 nitrogen and oxygen atoms in total. The number of H-pyrrole nitrogens is 1. The van der Waals surface area contributed by atoms with E-state index in [0.29, 0.717) is 6.61 Å². The molecule has 0 aromatic carbocycles. The fourth-order valence-electron chi connectivity index (χ4n) is 1.08. The van der Waals surface area contributed by atoms with Crippen molar-refractivity contribution in [3.63, 3.8) is 0 Å². The quantitative estimate of drug-likeness (QED) is 0.704. The summed E-state index contributed by atoms with van der Waals surface area (Å²) >= 11 is 0. The number of sulfonamides is 1. The topological polar surface area (TPSA) is 88.3 Å². The lowest BCUT2D eigenvalue weighted by molar-refractivity contribution is -0.142. The van der Waals surface area contributed by atoms with Crippen LogP contribution in [0.15, 0.2) is 23.4 Å². The van der Waals surface area contributed by atoms with Gasteiger partial charge < -0.3 is 9.72 Å². The molecule has 0 bridgehead atoms. The molecule has 1 aromatic rings. The predicted molar refractivity (Wildman–Crippen MR) is 57.2 cm³/mol. The van der Waals surface area contributed by atoms with E-state index in [2.05, 4.69) is 14.4 Å². The lowest BCUT2D eigenvalue weighted by Gasteiger charge is -2.04. The molecule has 0 aliphatic heterocycles. The Morgan fingerprint density at radius 3 is 2.88 bits per heavy atom. The van der Waals surface area contributed by atoms with E-state index >= 15 is 0 Å². The molecule has 1 rings (SSSR count). The van der Waals surface area contributed by atoms with Gasteiger partial charge in [-0.15, -0.1) is 0 Å². The molecule has 0 aliphatic rings. The monoisotopic (exact) mass is 246 g/mol. The highest BCUT2D eigenvalue weighted by Crippen LogP contribution is 2.05. The van der Waals surface area contributed by atoms with Crippen LogP contribution in [-0.4, -0.2) is 32.5 Å². The zero-order valence-electron chi connectivity index (χ0n) is 8.89. The molecule has 0 amide bonds. The molecule has 0 fully saturated rings. The summed E-state index contributed by atoms with van der Waals surface area (Å²) in [5.41, 5.74) is 0. The first kappa shape index (κ1) is 12.7. The van der Waals surface area contributed by atoms with Crippen LogP contribution >= 0.6 is 0 Å². The molecule has 0 aliphatic carbocycles. The first-order valence-corrected chi connectivity index (χ1v) is 6.32. The number of nitrogens with one attached hydrogen (secondary N) is 2. The summed E-state index contributed by atoms with van der Waals surface area (Å²) in [4.78, 5) is 13.7. The molecule has 0 spiro atoms. The summed E-state index contributed by atoms with van der Waals surface area (Å²) in [5, 5.41) is 0. The second-order valence-electron chi connectivity index (χ2n) is 3.00. The number of rotatable bonds is 6. The Balaban J connectivity index is 2.41. The molecule has 0 unspecified atom stereocenters. The first-order chi connectivity index (χ1) is 7.56. The molecule has 16 heavy (non-hydrogen) atoms. The lowest BCUT2D eigenvalue weighted by Crippen LogP contribution is -2.26. The van der Waals surface area contributed by atoms with Crippen LogP contribution in [0.5, 0.6) is 0 Å². The van der Waals surface area contributed by atoms with Gasteiger partial charge >= 0.3 is 5.97 Å². The second-order valence-corrected chi connectivity index (χ2v) is 4.77. The van der Waals surface area contributed by atoms with Crippen molar-refractivity contribution in [3.05, 3.63) is 18.5 Å². The fourth-order valence-corrected chi connectivity index (χ4v) is 2.09. The highest BCUT2D eigenvalue weighted by atomic mass is 32.2. The van der Waals surface area contributed by atoms with Crippen molar-refractivity contribution in [2.24, 2.45) is 0 Å². The van der Waals surface area contributed by atoms with Gasteiger partial charge in [-0.1, -0.05) is 0 Å². The van der Waals surface area contributed by atoms with E-state index in [0.717, 1.165) is 0 Å². The maximum atomic E-state index is 11.5. The molecule has 7 heteroatoms. The summed E-state index contributed by atoms with van der Waals surface area (Å²) in [7, 11) is -3.52. The van der Waals surface area contributed by atoms with Crippen molar-refractivity contribution in [3.8, 4) is 0 Å². The number of aromatic nitrogens is 1. The molecule has 0 atom stereocenters. The van der Waals surface area contributed by atoms with Gasteiger partial charge in [-0.05, 0) is 13.0 Å². The first-order valence-electron chi connectivity index (χ1n) is 4.84. The van der Waals surface area contributed by atoms with Crippen molar-refractivity contribution in [2.75, 3.05) is 13.2 Å². The number of carbonyl (C=O) groups is 1. The second kappa shape index (κ2) is 5.66. The standard InChI is InChI=1S/C9H14N2O4S/c1-2-15-9(12)4-6-11-16(13,14)8-3-5-10-7-8/h3,5,7,10-11H,2,4,6H2,1H3. The smallest absolute Gasteiger partial charge is 0.307 e. The maximum absolute atomic E-state index is 11.5. The minimum Gasteiger partial charge on any atom is -0.466 e. The number of esters is 1. The van der Waals surface area contributed by atoms with Crippen LogP contribution in [-0.2, 0) is 19.6 Å². The van der Waals surface area contributed by atoms with E-state index in [1.165, 1.54) is 18.5 Å². The van der Waals surface area contributed by atoms with E-state index in [1.54, 1.807) is 6.92 Å². The van der Waals surface area contributed by atoms with E-state index in [4.69, 9.17) is 0 Å². The van der Waals surface area contributed by atoms with Gasteiger partial charge in [0.1, 0.15) is 0 Å². The Hall–Kier alpha value is -1.34. The van der Waals surface area contributed by atoms with E-state index in [1.807, 2.05) is 0 Å². The van der Waals surface area contributed by atoms with Crippen molar-refractivity contribution in [1.82, 2.24) is 9.71 Å². The summed E-state index contributed by atoms with van der Waals surface area (Å²) in [6.07, 6.45) is 2.91. The average molecular weight is 246 g/mol. The van der Waals surface area contributed by atoms with Crippen molar-refractivity contribution in [2.45, 2.75) is 18.2 Å². The Labute approximate surface area is 94.1 Å². The third-order valence-electron chi connectivity index (χ3n) is 1.81. The van der Waals surface area contributed by atoms with Crippen LogP contribution in [0, 0.1) is 0 Å². The van der Waals surface area contributed by atoms with Crippen LogP contribution in [0.25, 0.3) is 0 Å². The third-order valence-corrected chi connectivity index (χ3v) is 3.26. The Kier molecular flexibility index (Phi) is 4.51. The SMILES string of the molecule is CCOC(=O)CCNS(=O)(=O)c1cc[nH]c1. The van der Waals surface area contributed by atoms with Gasteiger partial charge in [-0.3, -0.25) is 4.79 Å². The van der Waals surface area contributed by atoms with Gasteiger partial charge in [0.25, 0.3) is 0 Å². The van der Waals surface area contributed by atoms with Crippen molar-refractivity contribution < 1.29 is 17.9 Å². The summed E-state index contributed by atoms with van der Waals surface area (Å²) in [6, 6.07) is 1.44. The molecule has 0 saturated heterocycles. The van der Waals surface area contributed by atoms with Crippen molar-refractivity contribution in [1.29, 1.82) is 0 Å². The van der Waals surface area contributed by atoms with Crippen LogP contribution in [0.4, 0.5) is 0 Å². The van der Waals surface area contributed by atoms with Crippen LogP contribution in [0.3, 0.4) is 0 Å². The van der Waals surface area contributed by atoms with Gasteiger partial charge in [0.15, 0.2) is 0 Å². The molecule has 0 saturated carbocycles. The highest BCUT2D eigenvalue weighted by Gasteiger charge is 2.14.